The zero-order valence-electron chi connectivity index (χ0n) is 20.8. The lowest BCUT2D eigenvalue weighted by molar-refractivity contribution is -0.130. The van der Waals surface area contributed by atoms with Gasteiger partial charge >= 0.3 is 0 Å². The summed E-state index contributed by atoms with van der Waals surface area (Å²) in [6.07, 6.45) is 2.79. The minimum atomic E-state index is -0.421. The third-order valence-corrected chi connectivity index (χ3v) is 7.31. The zero-order valence-corrected chi connectivity index (χ0v) is 20.8. The molecule has 2 saturated heterocycles. The van der Waals surface area contributed by atoms with Crippen LogP contribution in [0, 0.1) is 12.8 Å². The maximum atomic E-state index is 13.7. The van der Waals surface area contributed by atoms with Crippen LogP contribution in [0.15, 0.2) is 48.5 Å². The predicted molar refractivity (Wildman–Crippen MR) is 135 cm³/mol. The number of hydrogen-bond acceptors (Lipinski definition) is 4. The van der Waals surface area contributed by atoms with E-state index in [4.69, 9.17) is 4.74 Å². The lowest BCUT2D eigenvalue weighted by Crippen LogP contribution is -2.52. The minimum absolute atomic E-state index is 0.0310. The topological polar surface area (TPSA) is 61.9 Å². The molecule has 0 spiro atoms. The predicted octanol–water partition coefficient (Wildman–Crippen LogP) is 4.48. The van der Waals surface area contributed by atoms with Gasteiger partial charge in [0.1, 0.15) is 5.75 Å². The fourth-order valence-electron chi connectivity index (χ4n) is 5.31. The maximum absolute atomic E-state index is 13.7. The van der Waals surface area contributed by atoms with Crippen LogP contribution in [0.1, 0.15) is 56.7 Å². The number of ether oxygens (including phenoxy) is 1. The molecule has 2 aliphatic heterocycles. The van der Waals surface area contributed by atoms with Gasteiger partial charge in [0.05, 0.1) is 19.1 Å². The van der Waals surface area contributed by atoms with E-state index in [1.54, 1.807) is 7.11 Å². The first-order chi connectivity index (χ1) is 16.4. The summed E-state index contributed by atoms with van der Waals surface area (Å²) in [5.41, 5.74) is 2.81. The SMILES string of the molecule is COc1ccccc1C1C(C(=O)NC2CCN(C(C)C)CC2)CCC(=O)N1c1ccc(C)cc1. The zero-order chi connectivity index (χ0) is 24.2. The van der Waals surface area contributed by atoms with Gasteiger partial charge < -0.3 is 19.9 Å². The number of nitrogens with one attached hydrogen (secondary N) is 1. The average Bonchev–Trinajstić information content (AvgIpc) is 2.84. The number of methoxy groups -OCH3 is 1. The normalized spacial score (nSPS) is 22.1. The molecule has 0 radical (unpaired) electrons. The molecule has 2 aliphatic rings. The van der Waals surface area contributed by atoms with Gasteiger partial charge in [0.25, 0.3) is 0 Å². The first kappa shape index (κ1) is 24.3. The van der Waals surface area contributed by atoms with E-state index in [0.29, 0.717) is 24.6 Å². The van der Waals surface area contributed by atoms with Crippen LogP contribution in [-0.2, 0) is 9.59 Å². The van der Waals surface area contributed by atoms with Crippen LogP contribution in [0.2, 0.25) is 0 Å². The molecule has 0 aromatic heterocycles. The van der Waals surface area contributed by atoms with Crippen LogP contribution in [0.4, 0.5) is 5.69 Å². The van der Waals surface area contributed by atoms with E-state index in [2.05, 4.69) is 24.1 Å². The van der Waals surface area contributed by atoms with Gasteiger partial charge in [0, 0.05) is 42.8 Å². The molecule has 4 rings (SSSR count). The van der Waals surface area contributed by atoms with Crippen molar-refractivity contribution in [3.8, 4) is 5.75 Å². The molecule has 2 heterocycles. The van der Waals surface area contributed by atoms with Crippen molar-refractivity contribution in [2.75, 3.05) is 25.1 Å². The Hall–Kier alpha value is -2.86. The van der Waals surface area contributed by atoms with Crippen molar-refractivity contribution < 1.29 is 14.3 Å². The van der Waals surface area contributed by atoms with Crippen molar-refractivity contribution in [1.82, 2.24) is 10.2 Å². The molecular formula is C28H37N3O3. The highest BCUT2D eigenvalue weighted by atomic mass is 16.5. The summed E-state index contributed by atoms with van der Waals surface area (Å²) in [7, 11) is 1.64. The second-order valence-corrected chi connectivity index (χ2v) is 9.84. The number of para-hydroxylation sites is 1. The Morgan fingerprint density at radius 3 is 2.35 bits per heavy atom. The standard InChI is InChI=1S/C28H37N3O3/c1-19(2)30-17-15-21(16-18-30)29-28(33)24-13-14-26(32)31(22-11-9-20(3)10-12-22)27(24)23-7-5-6-8-25(23)34-4/h5-12,19,21,24,27H,13-18H2,1-4H3,(H,29,33). The van der Waals surface area contributed by atoms with Gasteiger partial charge in [-0.3, -0.25) is 9.59 Å². The Morgan fingerprint density at radius 2 is 1.71 bits per heavy atom. The van der Waals surface area contributed by atoms with Gasteiger partial charge in [-0.2, -0.15) is 0 Å². The Kier molecular flexibility index (Phi) is 7.57. The van der Waals surface area contributed by atoms with E-state index in [1.807, 2.05) is 60.4 Å². The molecule has 2 aromatic carbocycles. The van der Waals surface area contributed by atoms with E-state index < -0.39 is 6.04 Å². The van der Waals surface area contributed by atoms with Crippen molar-refractivity contribution in [1.29, 1.82) is 0 Å². The van der Waals surface area contributed by atoms with Gasteiger partial charge in [-0.25, -0.2) is 0 Å². The number of piperidine rings is 2. The molecule has 2 unspecified atom stereocenters. The molecule has 0 saturated carbocycles. The maximum Gasteiger partial charge on any atom is 0.227 e. The lowest BCUT2D eigenvalue weighted by atomic mass is 9.82. The van der Waals surface area contributed by atoms with E-state index in [-0.39, 0.29) is 23.8 Å². The monoisotopic (exact) mass is 463 g/mol. The first-order valence-electron chi connectivity index (χ1n) is 12.4. The largest absolute Gasteiger partial charge is 0.496 e. The van der Waals surface area contributed by atoms with Crippen LogP contribution < -0.4 is 15.0 Å². The van der Waals surface area contributed by atoms with E-state index in [0.717, 1.165) is 42.7 Å². The van der Waals surface area contributed by atoms with E-state index in [9.17, 15) is 9.59 Å². The number of anilines is 1. The summed E-state index contributed by atoms with van der Waals surface area (Å²) >= 11 is 0. The quantitative estimate of drug-likeness (QED) is 0.686. The molecule has 2 aromatic rings. The molecule has 182 valence electrons. The van der Waals surface area contributed by atoms with Crippen molar-refractivity contribution >= 4 is 17.5 Å². The van der Waals surface area contributed by atoms with E-state index >= 15 is 0 Å². The first-order valence-corrected chi connectivity index (χ1v) is 12.4. The Morgan fingerprint density at radius 1 is 1.03 bits per heavy atom. The van der Waals surface area contributed by atoms with E-state index in [1.165, 1.54) is 0 Å². The molecule has 0 aliphatic carbocycles. The van der Waals surface area contributed by atoms with Gasteiger partial charge in [-0.15, -0.1) is 0 Å². The minimum Gasteiger partial charge on any atom is -0.496 e. The molecule has 0 bridgehead atoms. The fraction of sp³-hybridized carbons (Fsp3) is 0.500. The van der Waals surface area contributed by atoms with Crippen LogP contribution in [0.5, 0.6) is 5.75 Å². The number of aryl methyl sites for hydroxylation is 1. The summed E-state index contributed by atoms with van der Waals surface area (Å²) in [4.78, 5) is 31.2. The molecule has 1 N–H and O–H groups in total. The Labute approximate surface area is 203 Å². The van der Waals surface area contributed by atoms with Crippen LogP contribution in [0.25, 0.3) is 0 Å². The third-order valence-electron chi connectivity index (χ3n) is 7.31. The summed E-state index contributed by atoms with van der Waals surface area (Å²) < 4.78 is 5.67. The summed E-state index contributed by atoms with van der Waals surface area (Å²) in [5, 5.41) is 3.34. The molecule has 2 amide bonds. The number of hydrogen-bond donors (Lipinski definition) is 1. The summed E-state index contributed by atoms with van der Waals surface area (Å²) in [6.45, 7) is 8.46. The van der Waals surface area contributed by atoms with Gasteiger partial charge in [0.2, 0.25) is 11.8 Å². The smallest absolute Gasteiger partial charge is 0.227 e. The molecule has 2 atom stereocenters. The summed E-state index contributed by atoms with van der Waals surface area (Å²) in [5.74, 6) is 0.415. The molecular weight excluding hydrogens is 426 g/mol. The van der Waals surface area contributed by atoms with Gasteiger partial charge in [0.15, 0.2) is 0 Å². The Bertz CT molecular complexity index is 996. The highest BCUT2D eigenvalue weighted by molar-refractivity contribution is 5.97. The number of carbonyl (C=O) groups excluding carboxylic acids is 2. The second kappa shape index (κ2) is 10.6. The highest BCUT2D eigenvalue weighted by Crippen LogP contribution is 2.43. The number of likely N-dealkylation sites (tertiary alicyclic amines) is 1. The van der Waals surface area contributed by atoms with Crippen LogP contribution >= 0.6 is 0 Å². The number of nitrogens with zero attached hydrogens (tertiary/aromatic N) is 2. The number of rotatable bonds is 6. The number of amides is 2. The third kappa shape index (κ3) is 5.12. The number of benzene rings is 2. The fourth-order valence-corrected chi connectivity index (χ4v) is 5.31. The molecule has 6 nitrogen and oxygen atoms in total. The number of carbonyl (C=O) groups is 2. The van der Waals surface area contributed by atoms with Crippen molar-refractivity contribution in [3.63, 3.8) is 0 Å². The second-order valence-electron chi connectivity index (χ2n) is 9.84. The van der Waals surface area contributed by atoms with Crippen LogP contribution in [0.3, 0.4) is 0 Å². The van der Waals surface area contributed by atoms with Crippen molar-refractivity contribution in [2.45, 2.75) is 64.6 Å². The Balaban J connectivity index is 1.64. The van der Waals surface area contributed by atoms with Crippen molar-refractivity contribution in [2.24, 2.45) is 5.92 Å². The average molecular weight is 464 g/mol. The van der Waals surface area contributed by atoms with Gasteiger partial charge in [-0.05, 0) is 58.2 Å². The van der Waals surface area contributed by atoms with Crippen LogP contribution in [-0.4, -0.2) is 49.0 Å². The highest BCUT2D eigenvalue weighted by Gasteiger charge is 2.43. The molecule has 34 heavy (non-hydrogen) atoms. The molecule has 2 fully saturated rings. The molecule has 6 heteroatoms. The van der Waals surface area contributed by atoms with Crippen molar-refractivity contribution in [3.05, 3.63) is 59.7 Å². The van der Waals surface area contributed by atoms with Gasteiger partial charge in [-0.1, -0.05) is 35.9 Å². The lowest BCUT2D eigenvalue weighted by Gasteiger charge is -2.42. The summed E-state index contributed by atoms with van der Waals surface area (Å²) in [6, 6.07) is 16.0.